The Labute approximate surface area is 223 Å². The first kappa shape index (κ1) is 26.1. The smallest absolute Gasteiger partial charge is 0.250 e. The van der Waals surface area contributed by atoms with E-state index < -0.39 is 15.6 Å². The van der Waals surface area contributed by atoms with E-state index in [0.29, 0.717) is 31.4 Å². The lowest BCUT2D eigenvalue weighted by Crippen LogP contribution is -2.57. The van der Waals surface area contributed by atoms with E-state index in [4.69, 9.17) is 0 Å². The van der Waals surface area contributed by atoms with Crippen molar-refractivity contribution in [3.63, 3.8) is 0 Å². The van der Waals surface area contributed by atoms with E-state index in [9.17, 15) is 18.0 Å². The number of hydrogen-bond donors (Lipinski definition) is 0. The third-order valence-electron chi connectivity index (χ3n) is 7.79. The van der Waals surface area contributed by atoms with Crippen LogP contribution >= 0.6 is 0 Å². The van der Waals surface area contributed by atoms with Crippen LogP contribution in [-0.2, 0) is 19.6 Å². The largest absolute Gasteiger partial charge is 0.342 e. The summed E-state index contributed by atoms with van der Waals surface area (Å²) in [5, 5.41) is 0.761. The Morgan fingerprint density at radius 1 is 0.974 bits per heavy atom. The topological polar surface area (TPSA) is 94.1 Å². The molecule has 0 N–H and O–H groups in total. The third kappa shape index (κ3) is 4.41. The van der Waals surface area contributed by atoms with Crippen LogP contribution in [0.3, 0.4) is 0 Å². The minimum atomic E-state index is -3.82. The molecule has 2 amide bonds. The Morgan fingerprint density at radius 3 is 2.34 bits per heavy atom. The fraction of sp³-hybridized carbons (Fsp3) is 0.393. The fourth-order valence-corrected chi connectivity index (χ4v) is 7.29. The van der Waals surface area contributed by atoms with E-state index in [2.05, 4.69) is 4.98 Å². The maximum atomic E-state index is 13.9. The zero-order chi connectivity index (χ0) is 26.9. The summed E-state index contributed by atoms with van der Waals surface area (Å²) in [6, 6.07) is 18.5. The second-order valence-electron chi connectivity index (χ2n) is 9.74. The molecule has 38 heavy (non-hydrogen) atoms. The highest BCUT2D eigenvalue weighted by atomic mass is 32.2. The average Bonchev–Trinajstić information content (AvgIpc) is 3.20. The van der Waals surface area contributed by atoms with Crippen molar-refractivity contribution in [3.05, 3.63) is 66.9 Å². The number of anilines is 1. The van der Waals surface area contributed by atoms with Crippen LogP contribution in [0.25, 0.3) is 10.9 Å². The zero-order valence-electron chi connectivity index (χ0n) is 21.8. The van der Waals surface area contributed by atoms with Crippen LogP contribution in [0.2, 0.25) is 0 Å². The van der Waals surface area contributed by atoms with Gasteiger partial charge in [-0.3, -0.25) is 14.6 Å². The molecule has 0 unspecified atom stereocenters. The summed E-state index contributed by atoms with van der Waals surface area (Å²) in [6.07, 6.45) is 2.25. The van der Waals surface area contributed by atoms with E-state index in [-0.39, 0.29) is 43.0 Å². The van der Waals surface area contributed by atoms with Crippen molar-refractivity contribution in [2.45, 2.75) is 37.1 Å². The van der Waals surface area contributed by atoms with Crippen molar-refractivity contribution in [3.8, 4) is 0 Å². The number of likely N-dealkylation sites (N-methyl/N-ethyl adjacent to an activating group) is 1. The molecule has 2 aliphatic rings. The molecular weight excluding hydrogens is 502 g/mol. The maximum Gasteiger partial charge on any atom is 0.250 e. The number of pyridine rings is 1. The first-order valence-electron chi connectivity index (χ1n) is 13.1. The first-order chi connectivity index (χ1) is 18.3. The molecule has 0 bridgehead atoms. The lowest BCUT2D eigenvalue weighted by atomic mass is 9.86. The number of piperidine rings is 1. The van der Waals surface area contributed by atoms with Crippen LogP contribution < -0.4 is 4.90 Å². The molecule has 2 aliphatic heterocycles. The highest BCUT2D eigenvalue weighted by Gasteiger charge is 2.55. The molecule has 9 nitrogen and oxygen atoms in total. The molecule has 3 aromatic rings. The summed E-state index contributed by atoms with van der Waals surface area (Å²) in [7, 11) is -3.82. The molecule has 0 aliphatic carbocycles. The molecule has 2 saturated heterocycles. The highest BCUT2D eigenvalue weighted by molar-refractivity contribution is 7.89. The van der Waals surface area contributed by atoms with Crippen molar-refractivity contribution < 1.29 is 18.0 Å². The van der Waals surface area contributed by atoms with Gasteiger partial charge < -0.3 is 14.7 Å². The Balaban J connectivity index is 1.43. The number of benzene rings is 2. The number of amides is 2. The van der Waals surface area contributed by atoms with E-state index in [1.807, 2.05) is 61.2 Å². The lowest BCUT2D eigenvalue weighted by Gasteiger charge is -2.42. The summed E-state index contributed by atoms with van der Waals surface area (Å²) in [5.74, 6) is -0.206. The number of fused-ring (bicyclic) bond motifs is 1. The Hall–Kier alpha value is -3.50. The number of carbonyl (C=O) groups is 2. The quantitative estimate of drug-likeness (QED) is 0.462. The van der Waals surface area contributed by atoms with Gasteiger partial charge in [-0.15, -0.1) is 0 Å². The van der Waals surface area contributed by atoms with Gasteiger partial charge in [0.2, 0.25) is 21.8 Å². The van der Waals surface area contributed by atoms with Crippen LogP contribution in [0.1, 0.15) is 26.7 Å². The highest BCUT2D eigenvalue weighted by Crippen LogP contribution is 2.40. The second kappa shape index (κ2) is 10.3. The third-order valence-corrected chi connectivity index (χ3v) is 9.72. The number of para-hydroxylation sites is 2. The minimum Gasteiger partial charge on any atom is -0.342 e. The predicted octanol–water partition coefficient (Wildman–Crippen LogP) is 2.93. The van der Waals surface area contributed by atoms with Crippen molar-refractivity contribution in [1.29, 1.82) is 0 Å². The molecule has 2 aromatic carbocycles. The Kier molecular flexibility index (Phi) is 7.11. The number of hydrogen-bond acceptors (Lipinski definition) is 6. The van der Waals surface area contributed by atoms with Gasteiger partial charge in [-0.05, 0) is 51.0 Å². The number of sulfonamides is 1. The van der Waals surface area contributed by atoms with E-state index in [0.717, 1.165) is 11.1 Å². The van der Waals surface area contributed by atoms with Gasteiger partial charge in [0.15, 0.2) is 0 Å². The van der Waals surface area contributed by atoms with Gasteiger partial charge in [-0.2, -0.15) is 4.31 Å². The van der Waals surface area contributed by atoms with Crippen molar-refractivity contribution >= 4 is 38.4 Å². The standard InChI is InChI=1S/C28H33N5O4S/c1-3-30(4-2)25(34)20-31-21-33(23-12-6-5-7-13-23)28(27(31)35)15-18-32(19-16-28)38(36,37)24-14-8-10-22-11-9-17-29-26(22)24/h5-14,17H,3-4,15-16,18-21H2,1-2H3. The molecule has 3 heterocycles. The van der Waals surface area contributed by atoms with Crippen LogP contribution in [0, 0.1) is 0 Å². The summed E-state index contributed by atoms with van der Waals surface area (Å²) in [5.41, 5.74) is 0.418. The SMILES string of the molecule is CCN(CC)C(=O)CN1CN(c2ccccc2)C2(CCN(S(=O)(=O)c3cccc4cccnc34)CC2)C1=O. The van der Waals surface area contributed by atoms with Gasteiger partial charge in [-0.25, -0.2) is 8.42 Å². The average molecular weight is 536 g/mol. The summed E-state index contributed by atoms with van der Waals surface area (Å²) < 4.78 is 28.9. The van der Waals surface area contributed by atoms with Gasteiger partial charge in [-0.1, -0.05) is 36.4 Å². The number of rotatable bonds is 7. The number of nitrogens with zero attached hydrogens (tertiary/aromatic N) is 5. The van der Waals surface area contributed by atoms with Crippen molar-refractivity contribution in [2.75, 3.05) is 44.3 Å². The van der Waals surface area contributed by atoms with Crippen molar-refractivity contribution in [2.24, 2.45) is 0 Å². The first-order valence-corrected chi connectivity index (χ1v) is 14.5. The molecule has 10 heteroatoms. The van der Waals surface area contributed by atoms with E-state index in [1.165, 1.54) is 4.31 Å². The van der Waals surface area contributed by atoms with Gasteiger partial charge in [0.25, 0.3) is 0 Å². The normalized spacial score (nSPS) is 17.9. The van der Waals surface area contributed by atoms with E-state index in [1.54, 1.807) is 34.2 Å². The van der Waals surface area contributed by atoms with Crippen LogP contribution in [0.4, 0.5) is 5.69 Å². The number of carbonyl (C=O) groups excluding carboxylic acids is 2. The minimum absolute atomic E-state index is 0.00921. The van der Waals surface area contributed by atoms with Gasteiger partial charge >= 0.3 is 0 Å². The van der Waals surface area contributed by atoms with Crippen LogP contribution in [0.5, 0.6) is 0 Å². The lowest BCUT2D eigenvalue weighted by molar-refractivity contribution is -0.140. The Morgan fingerprint density at radius 2 is 1.66 bits per heavy atom. The molecule has 1 spiro atoms. The summed E-state index contributed by atoms with van der Waals surface area (Å²) >= 11 is 0. The molecule has 2 fully saturated rings. The second-order valence-corrected chi connectivity index (χ2v) is 11.6. The molecule has 0 radical (unpaired) electrons. The summed E-state index contributed by atoms with van der Waals surface area (Å²) in [4.78, 5) is 36.7. The van der Waals surface area contributed by atoms with Crippen LogP contribution in [-0.4, -0.2) is 84.3 Å². The van der Waals surface area contributed by atoms with Crippen molar-refractivity contribution in [1.82, 2.24) is 19.1 Å². The Bertz CT molecular complexity index is 1430. The fourth-order valence-electron chi connectivity index (χ4n) is 5.68. The van der Waals surface area contributed by atoms with E-state index >= 15 is 0 Å². The van der Waals surface area contributed by atoms with Gasteiger partial charge in [0.05, 0.1) is 12.2 Å². The molecule has 200 valence electrons. The number of aromatic nitrogens is 1. The van der Waals surface area contributed by atoms with Gasteiger partial charge in [0, 0.05) is 43.4 Å². The summed E-state index contributed by atoms with van der Waals surface area (Å²) in [6.45, 7) is 5.70. The monoisotopic (exact) mass is 535 g/mol. The molecule has 1 aromatic heterocycles. The predicted molar refractivity (Wildman–Crippen MR) is 146 cm³/mol. The van der Waals surface area contributed by atoms with Gasteiger partial charge in [0.1, 0.15) is 17.0 Å². The zero-order valence-corrected chi connectivity index (χ0v) is 22.6. The maximum absolute atomic E-state index is 13.9. The van der Waals surface area contributed by atoms with Crippen LogP contribution in [0.15, 0.2) is 71.8 Å². The molecule has 5 rings (SSSR count). The molecule has 0 atom stereocenters. The molecule has 0 saturated carbocycles. The molecular formula is C28H33N5O4S.